The summed E-state index contributed by atoms with van der Waals surface area (Å²) in [4.78, 5) is 13.9. The van der Waals surface area contributed by atoms with Crippen LogP contribution >= 0.6 is 23.2 Å². The zero-order valence-electron chi connectivity index (χ0n) is 12.3. The smallest absolute Gasteiger partial charge is 0.248 e. The van der Waals surface area contributed by atoms with E-state index in [1.54, 1.807) is 24.3 Å². The molecule has 0 saturated carbocycles. The van der Waals surface area contributed by atoms with Crippen LogP contribution in [0.5, 0.6) is 0 Å². The number of halogens is 2. The van der Waals surface area contributed by atoms with E-state index in [4.69, 9.17) is 23.2 Å². The third kappa shape index (κ3) is 4.52. The maximum Gasteiger partial charge on any atom is 0.248 e. The molecule has 0 bridgehead atoms. The SMILES string of the molecule is CN(C)c1ccc(/C=C/C(=O)Nc2ccc(Cl)cc2Cl)cc1. The van der Waals surface area contributed by atoms with Crippen molar-refractivity contribution in [1.29, 1.82) is 0 Å². The van der Waals surface area contributed by atoms with Gasteiger partial charge in [-0.05, 0) is 42.0 Å². The predicted octanol–water partition coefficient (Wildman–Crippen LogP) is 4.71. The number of amides is 1. The molecular weight excluding hydrogens is 319 g/mol. The van der Waals surface area contributed by atoms with Crippen LogP contribution in [0.15, 0.2) is 48.5 Å². The molecule has 2 rings (SSSR count). The topological polar surface area (TPSA) is 32.3 Å². The summed E-state index contributed by atoms with van der Waals surface area (Å²) in [6.45, 7) is 0. The molecule has 0 aliphatic rings. The minimum Gasteiger partial charge on any atom is -0.378 e. The number of anilines is 2. The highest BCUT2D eigenvalue weighted by Crippen LogP contribution is 2.25. The zero-order chi connectivity index (χ0) is 16.1. The molecule has 0 radical (unpaired) electrons. The van der Waals surface area contributed by atoms with E-state index >= 15 is 0 Å². The highest BCUT2D eigenvalue weighted by molar-refractivity contribution is 6.36. The first-order chi connectivity index (χ1) is 10.5. The molecule has 2 aromatic rings. The first-order valence-corrected chi connectivity index (χ1v) is 7.43. The van der Waals surface area contributed by atoms with Crippen molar-refractivity contribution in [3.8, 4) is 0 Å². The van der Waals surface area contributed by atoms with Crippen molar-refractivity contribution in [3.63, 3.8) is 0 Å². The van der Waals surface area contributed by atoms with E-state index in [9.17, 15) is 4.79 Å². The Kier molecular flexibility index (Phi) is 5.47. The summed E-state index contributed by atoms with van der Waals surface area (Å²) >= 11 is 11.8. The fourth-order valence-corrected chi connectivity index (χ4v) is 2.28. The number of carbonyl (C=O) groups excluding carboxylic acids is 1. The molecule has 22 heavy (non-hydrogen) atoms. The van der Waals surface area contributed by atoms with Crippen LogP contribution < -0.4 is 10.2 Å². The van der Waals surface area contributed by atoms with Crippen LogP contribution in [0, 0.1) is 0 Å². The van der Waals surface area contributed by atoms with Gasteiger partial charge in [0.2, 0.25) is 5.91 Å². The van der Waals surface area contributed by atoms with Gasteiger partial charge in [-0.3, -0.25) is 4.79 Å². The largest absolute Gasteiger partial charge is 0.378 e. The second-order valence-corrected chi connectivity index (χ2v) is 5.78. The highest BCUT2D eigenvalue weighted by atomic mass is 35.5. The molecule has 0 aliphatic heterocycles. The summed E-state index contributed by atoms with van der Waals surface area (Å²) in [5, 5.41) is 3.65. The predicted molar refractivity (Wildman–Crippen MR) is 94.9 cm³/mol. The molecule has 0 spiro atoms. The average Bonchev–Trinajstić information content (AvgIpc) is 2.48. The lowest BCUT2D eigenvalue weighted by Crippen LogP contribution is -2.08. The summed E-state index contributed by atoms with van der Waals surface area (Å²) in [5.74, 6) is -0.249. The number of hydrogen-bond donors (Lipinski definition) is 1. The van der Waals surface area contributed by atoms with Crippen molar-refractivity contribution in [1.82, 2.24) is 0 Å². The van der Waals surface area contributed by atoms with Crippen LogP contribution in [0.2, 0.25) is 10.0 Å². The molecule has 114 valence electrons. The molecule has 0 atom stereocenters. The lowest BCUT2D eigenvalue weighted by atomic mass is 10.2. The van der Waals surface area contributed by atoms with Crippen molar-refractivity contribution >= 4 is 46.6 Å². The Bertz CT molecular complexity index is 694. The lowest BCUT2D eigenvalue weighted by Gasteiger charge is -2.11. The standard InChI is InChI=1S/C17H16Cl2N2O/c1-21(2)14-7-3-12(4-8-14)5-10-17(22)20-16-9-6-13(18)11-15(16)19/h3-11H,1-2H3,(H,20,22)/b10-5+. The van der Waals surface area contributed by atoms with Crippen molar-refractivity contribution < 1.29 is 4.79 Å². The molecular formula is C17H16Cl2N2O. The Morgan fingerprint density at radius 3 is 2.36 bits per heavy atom. The number of nitrogens with zero attached hydrogens (tertiary/aromatic N) is 1. The Morgan fingerprint density at radius 2 is 1.77 bits per heavy atom. The van der Waals surface area contributed by atoms with Crippen LogP contribution in [0.3, 0.4) is 0 Å². The van der Waals surface area contributed by atoms with Crippen LogP contribution in [-0.2, 0) is 4.79 Å². The van der Waals surface area contributed by atoms with Gasteiger partial charge in [-0.1, -0.05) is 35.3 Å². The maximum atomic E-state index is 11.9. The second kappa shape index (κ2) is 7.34. The number of hydrogen-bond acceptors (Lipinski definition) is 2. The number of rotatable bonds is 4. The van der Waals surface area contributed by atoms with E-state index in [0.717, 1.165) is 11.3 Å². The molecule has 0 heterocycles. The molecule has 3 nitrogen and oxygen atoms in total. The highest BCUT2D eigenvalue weighted by Gasteiger charge is 2.03. The Morgan fingerprint density at radius 1 is 1.09 bits per heavy atom. The van der Waals surface area contributed by atoms with Crippen LogP contribution in [0.1, 0.15) is 5.56 Å². The van der Waals surface area contributed by atoms with Gasteiger partial charge in [0.05, 0.1) is 10.7 Å². The first-order valence-electron chi connectivity index (χ1n) is 6.67. The van der Waals surface area contributed by atoms with Gasteiger partial charge in [-0.15, -0.1) is 0 Å². The van der Waals surface area contributed by atoms with Gasteiger partial charge >= 0.3 is 0 Å². The van der Waals surface area contributed by atoms with Gasteiger partial charge in [0, 0.05) is 30.9 Å². The fraction of sp³-hybridized carbons (Fsp3) is 0.118. The van der Waals surface area contributed by atoms with E-state index in [1.807, 2.05) is 43.3 Å². The molecule has 5 heteroatoms. The summed E-state index contributed by atoms with van der Waals surface area (Å²) in [5.41, 5.74) is 2.58. The zero-order valence-corrected chi connectivity index (χ0v) is 13.8. The van der Waals surface area contributed by atoms with Gasteiger partial charge in [0.15, 0.2) is 0 Å². The molecule has 0 aliphatic carbocycles. The van der Waals surface area contributed by atoms with E-state index in [2.05, 4.69) is 5.32 Å². The minimum absolute atomic E-state index is 0.249. The molecule has 1 N–H and O–H groups in total. The first kappa shape index (κ1) is 16.4. The van der Waals surface area contributed by atoms with Gasteiger partial charge < -0.3 is 10.2 Å². The normalized spacial score (nSPS) is 10.7. The van der Waals surface area contributed by atoms with Crippen molar-refractivity contribution in [2.75, 3.05) is 24.3 Å². The Balaban J connectivity index is 2.01. The number of benzene rings is 2. The molecule has 0 unspecified atom stereocenters. The summed E-state index contributed by atoms with van der Waals surface area (Å²) < 4.78 is 0. The second-order valence-electron chi connectivity index (χ2n) is 4.93. The van der Waals surface area contributed by atoms with Crippen LogP contribution in [0.25, 0.3) is 6.08 Å². The maximum absolute atomic E-state index is 11.9. The minimum atomic E-state index is -0.249. The number of nitrogens with one attached hydrogen (secondary N) is 1. The fourth-order valence-electron chi connectivity index (χ4n) is 1.82. The molecule has 0 saturated heterocycles. The van der Waals surface area contributed by atoms with Gasteiger partial charge in [-0.2, -0.15) is 0 Å². The van der Waals surface area contributed by atoms with Crippen molar-refractivity contribution in [2.24, 2.45) is 0 Å². The van der Waals surface area contributed by atoms with E-state index in [-0.39, 0.29) is 5.91 Å². The third-order valence-corrected chi connectivity index (χ3v) is 3.57. The quantitative estimate of drug-likeness (QED) is 0.821. The molecule has 1 amide bonds. The molecule has 0 aromatic heterocycles. The van der Waals surface area contributed by atoms with Crippen LogP contribution in [0.4, 0.5) is 11.4 Å². The van der Waals surface area contributed by atoms with Gasteiger partial charge in [-0.25, -0.2) is 0 Å². The Labute approximate surface area is 140 Å². The monoisotopic (exact) mass is 334 g/mol. The third-order valence-electron chi connectivity index (χ3n) is 3.03. The van der Waals surface area contributed by atoms with Crippen molar-refractivity contribution in [2.45, 2.75) is 0 Å². The van der Waals surface area contributed by atoms with Crippen molar-refractivity contribution in [3.05, 3.63) is 64.1 Å². The van der Waals surface area contributed by atoms with Gasteiger partial charge in [0.1, 0.15) is 0 Å². The summed E-state index contributed by atoms with van der Waals surface area (Å²) in [7, 11) is 3.96. The lowest BCUT2D eigenvalue weighted by molar-refractivity contribution is -0.111. The van der Waals surface area contributed by atoms with Gasteiger partial charge in [0.25, 0.3) is 0 Å². The number of carbonyl (C=O) groups is 1. The summed E-state index contributed by atoms with van der Waals surface area (Å²) in [6, 6.07) is 12.8. The Hall–Kier alpha value is -1.97. The van der Waals surface area contributed by atoms with E-state index in [0.29, 0.717) is 15.7 Å². The molecule has 0 fully saturated rings. The van der Waals surface area contributed by atoms with E-state index < -0.39 is 0 Å². The van der Waals surface area contributed by atoms with Crippen LogP contribution in [-0.4, -0.2) is 20.0 Å². The summed E-state index contributed by atoms with van der Waals surface area (Å²) in [6.07, 6.45) is 3.22. The van der Waals surface area contributed by atoms with E-state index in [1.165, 1.54) is 6.08 Å². The average molecular weight is 335 g/mol. The molecule has 2 aromatic carbocycles.